The summed E-state index contributed by atoms with van der Waals surface area (Å²) in [5, 5.41) is 8.21. The van der Waals surface area contributed by atoms with Gasteiger partial charge in [0.2, 0.25) is 0 Å². The summed E-state index contributed by atoms with van der Waals surface area (Å²) in [5.74, 6) is 0.589. The smallest absolute Gasteiger partial charge is 0.257 e. The van der Waals surface area contributed by atoms with E-state index in [1.54, 1.807) is 26.4 Å². The quantitative estimate of drug-likeness (QED) is 0.836. The summed E-state index contributed by atoms with van der Waals surface area (Å²) >= 11 is 0. The molecule has 0 spiro atoms. The van der Waals surface area contributed by atoms with Gasteiger partial charge >= 0.3 is 0 Å². The van der Waals surface area contributed by atoms with E-state index < -0.39 is 0 Å². The second-order valence-electron chi connectivity index (χ2n) is 5.52. The second kappa shape index (κ2) is 6.78. The molecule has 2 aromatic rings. The Labute approximate surface area is 134 Å². The number of methoxy groups -OCH3 is 2. The Bertz CT molecular complexity index is 685. The lowest BCUT2D eigenvalue weighted by Gasteiger charge is -2.18. The highest BCUT2D eigenvalue weighted by atomic mass is 16.5. The molecular formula is C16H20N4O3. The van der Waals surface area contributed by atoms with Crippen LogP contribution in [0.2, 0.25) is 0 Å². The van der Waals surface area contributed by atoms with Crippen LogP contribution in [0, 0.1) is 0 Å². The maximum atomic E-state index is 12.7. The summed E-state index contributed by atoms with van der Waals surface area (Å²) < 4.78 is 12.2. The minimum absolute atomic E-state index is 0.0119. The Morgan fingerprint density at radius 1 is 1.35 bits per heavy atom. The first-order valence-corrected chi connectivity index (χ1v) is 7.55. The topological polar surface area (TPSA) is 69.5 Å². The fraction of sp³-hybridized carbons (Fsp3) is 0.438. The minimum atomic E-state index is -0.0119. The van der Waals surface area contributed by atoms with Crippen molar-refractivity contribution in [2.75, 3.05) is 27.3 Å². The number of carbonyl (C=O) groups is 1. The lowest BCUT2D eigenvalue weighted by molar-refractivity contribution is 0.0783. The molecule has 0 N–H and O–H groups in total. The van der Waals surface area contributed by atoms with Crippen molar-refractivity contribution in [1.29, 1.82) is 0 Å². The maximum absolute atomic E-state index is 12.7. The summed E-state index contributed by atoms with van der Waals surface area (Å²) in [5.41, 5.74) is 1.39. The van der Waals surface area contributed by atoms with Gasteiger partial charge in [-0.05, 0) is 18.6 Å². The monoisotopic (exact) mass is 316 g/mol. The van der Waals surface area contributed by atoms with Crippen molar-refractivity contribution in [3.05, 3.63) is 41.7 Å². The Kier molecular flexibility index (Phi) is 4.57. The number of hydrogen-bond acceptors (Lipinski definition) is 5. The van der Waals surface area contributed by atoms with Crippen LogP contribution in [-0.4, -0.2) is 53.1 Å². The molecule has 1 amide bonds. The molecule has 122 valence electrons. The summed E-state index contributed by atoms with van der Waals surface area (Å²) in [6.45, 7) is 1.75. The van der Waals surface area contributed by atoms with E-state index >= 15 is 0 Å². The van der Waals surface area contributed by atoms with Crippen LogP contribution in [0.3, 0.4) is 0 Å². The first-order valence-electron chi connectivity index (χ1n) is 7.55. The summed E-state index contributed by atoms with van der Waals surface area (Å²) in [6.07, 6.45) is 2.74. The fourth-order valence-electron chi connectivity index (χ4n) is 2.84. The van der Waals surface area contributed by atoms with Gasteiger partial charge in [-0.3, -0.25) is 4.79 Å². The zero-order chi connectivity index (χ0) is 16.2. The van der Waals surface area contributed by atoms with Gasteiger partial charge in [0, 0.05) is 20.2 Å². The molecule has 1 saturated heterocycles. The van der Waals surface area contributed by atoms with Crippen LogP contribution in [0.5, 0.6) is 5.75 Å². The van der Waals surface area contributed by atoms with Crippen LogP contribution in [-0.2, 0) is 11.3 Å². The van der Waals surface area contributed by atoms with E-state index in [-0.39, 0.29) is 11.9 Å². The molecule has 0 radical (unpaired) electrons. The van der Waals surface area contributed by atoms with E-state index in [1.165, 1.54) is 0 Å². The molecule has 1 aromatic carbocycles. The van der Waals surface area contributed by atoms with Crippen LogP contribution in [0.15, 0.2) is 30.5 Å². The van der Waals surface area contributed by atoms with Gasteiger partial charge in [-0.1, -0.05) is 17.3 Å². The van der Waals surface area contributed by atoms with Crippen molar-refractivity contribution in [2.24, 2.45) is 0 Å². The van der Waals surface area contributed by atoms with Crippen molar-refractivity contribution in [2.45, 2.75) is 19.1 Å². The largest absolute Gasteiger partial charge is 0.496 e. The highest BCUT2D eigenvalue weighted by Crippen LogP contribution is 2.25. The predicted octanol–water partition coefficient (Wildman–Crippen LogP) is 1.52. The molecule has 1 unspecified atom stereocenters. The Morgan fingerprint density at radius 2 is 2.17 bits per heavy atom. The molecule has 0 saturated carbocycles. The lowest BCUT2D eigenvalue weighted by atomic mass is 10.2. The molecule has 1 aliphatic rings. The number of aromatic nitrogens is 3. The third-order valence-corrected chi connectivity index (χ3v) is 4.01. The van der Waals surface area contributed by atoms with E-state index in [9.17, 15) is 4.79 Å². The van der Waals surface area contributed by atoms with Crippen molar-refractivity contribution < 1.29 is 14.3 Å². The highest BCUT2D eigenvalue weighted by Gasteiger charge is 2.30. The first kappa shape index (κ1) is 15.5. The number of hydrogen-bond donors (Lipinski definition) is 0. The van der Waals surface area contributed by atoms with Crippen LogP contribution in [0.25, 0.3) is 0 Å². The summed E-state index contributed by atoms with van der Waals surface area (Å²) in [7, 11) is 3.20. The van der Waals surface area contributed by atoms with E-state index in [1.807, 2.05) is 27.9 Å². The number of carbonyl (C=O) groups excluding carboxylic acids is 1. The average Bonchev–Trinajstić information content (AvgIpc) is 3.23. The Hall–Kier alpha value is -2.41. The number of benzene rings is 1. The van der Waals surface area contributed by atoms with Crippen molar-refractivity contribution in [3.8, 4) is 5.75 Å². The van der Waals surface area contributed by atoms with Crippen molar-refractivity contribution in [1.82, 2.24) is 19.9 Å². The number of para-hydroxylation sites is 1. The van der Waals surface area contributed by atoms with Crippen LogP contribution in [0.1, 0.15) is 28.5 Å². The number of rotatable bonds is 5. The van der Waals surface area contributed by atoms with E-state index in [0.29, 0.717) is 31.0 Å². The third kappa shape index (κ3) is 3.19. The van der Waals surface area contributed by atoms with Crippen LogP contribution < -0.4 is 4.74 Å². The molecule has 7 heteroatoms. The normalized spacial score (nSPS) is 17.5. The summed E-state index contributed by atoms with van der Waals surface area (Å²) in [4.78, 5) is 14.5. The van der Waals surface area contributed by atoms with E-state index in [2.05, 4.69) is 10.3 Å². The van der Waals surface area contributed by atoms with Gasteiger partial charge in [-0.25, -0.2) is 4.68 Å². The van der Waals surface area contributed by atoms with Crippen LogP contribution >= 0.6 is 0 Å². The van der Waals surface area contributed by atoms with Gasteiger partial charge in [-0.2, -0.15) is 0 Å². The Morgan fingerprint density at radius 3 is 2.96 bits per heavy atom. The predicted molar refractivity (Wildman–Crippen MR) is 83.3 cm³/mol. The molecule has 0 bridgehead atoms. The highest BCUT2D eigenvalue weighted by molar-refractivity contribution is 5.97. The number of ether oxygens (including phenoxy) is 2. The molecule has 3 rings (SSSR count). The van der Waals surface area contributed by atoms with Gasteiger partial charge < -0.3 is 14.4 Å². The molecule has 1 fully saturated rings. The van der Waals surface area contributed by atoms with E-state index in [4.69, 9.17) is 9.47 Å². The van der Waals surface area contributed by atoms with Gasteiger partial charge in [0.05, 0.1) is 31.5 Å². The molecule has 1 atom stereocenters. The zero-order valence-corrected chi connectivity index (χ0v) is 13.3. The van der Waals surface area contributed by atoms with E-state index in [0.717, 1.165) is 12.1 Å². The first-order chi connectivity index (χ1) is 11.2. The minimum Gasteiger partial charge on any atom is -0.496 e. The van der Waals surface area contributed by atoms with Gasteiger partial charge in [0.1, 0.15) is 11.4 Å². The fourth-order valence-corrected chi connectivity index (χ4v) is 2.84. The van der Waals surface area contributed by atoms with Gasteiger partial charge in [-0.15, -0.1) is 5.10 Å². The van der Waals surface area contributed by atoms with Crippen molar-refractivity contribution in [3.63, 3.8) is 0 Å². The third-order valence-electron chi connectivity index (χ3n) is 4.01. The number of likely N-dealkylation sites (tertiary alicyclic amines) is 1. The molecule has 23 heavy (non-hydrogen) atoms. The van der Waals surface area contributed by atoms with Crippen LogP contribution in [0.4, 0.5) is 0 Å². The lowest BCUT2D eigenvalue weighted by Crippen LogP contribution is -2.29. The molecule has 1 aromatic heterocycles. The molecular weight excluding hydrogens is 296 g/mol. The number of amides is 1. The molecule has 2 heterocycles. The average molecular weight is 316 g/mol. The SMILES string of the molecule is COCc1cn(C2CCN(C(=O)c3ccccc3OC)C2)nn1. The number of nitrogens with zero attached hydrogens (tertiary/aromatic N) is 4. The zero-order valence-electron chi connectivity index (χ0n) is 13.3. The molecule has 1 aliphatic heterocycles. The Balaban J connectivity index is 1.70. The summed E-state index contributed by atoms with van der Waals surface area (Å²) in [6, 6.07) is 7.44. The maximum Gasteiger partial charge on any atom is 0.257 e. The molecule has 0 aliphatic carbocycles. The molecule has 7 nitrogen and oxygen atoms in total. The van der Waals surface area contributed by atoms with Gasteiger partial charge in [0.25, 0.3) is 5.91 Å². The standard InChI is InChI=1S/C16H20N4O3/c1-22-11-12-9-20(18-17-12)13-7-8-19(10-13)16(21)14-5-3-4-6-15(14)23-2/h3-6,9,13H,7-8,10-11H2,1-2H3. The van der Waals surface area contributed by atoms with Crippen molar-refractivity contribution >= 4 is 5.91 Å². The van der Waals surface area contributed by atoms with Gasteiger partial charge in [0.15, 0.2) is 0 Å². The second-order valence-corrected chi connectivity index (χ2v) is 5.52.